The molecule has 0 radical (unpaired) electrons. The van der Waals surface area contributed by atoms with E-state index in [1.165, 1.54) is 11.0 Å². The smallest absolute Gasteiger partial charge is 0.258 e. The monoisotopic (exact) mass is 447 g/mol. The van der Waals surface area contributed by atoms with Crippen LogP contribution in [0, 0.1) is 0 Å². The van der Waals surface area contributed by atoms with Crippen molar-refractivity contribution < 1.29 is 14.3 Å². The van der Waals surface area contributed by atoms with E-state index in [0.717, 1.165) is 19.1 Å². The van der Waals surface area contributed by atoms with Crippen molar-refractivity contribution in [1.82, 2.24) is 34.3 Å². The number of amides is 1. The average Bonchev–Trinajstić information content (AvgIpc) is 3.56. The minimum atomic E-state index is -0.234. The van der Waals surface area contributed by atoms with Crippen LogP contribution in [0.4, 0.5) is 0 Å². The zero-order valence-corrected chi connectivity index (χ0v) is 18.5. The number of fused-ring (bicyclic) bond motifs is 1. The number of hydrogen-bond donors (Lipinski definition) is 0. The van der Waals surface area contributed by atoms with Crippen molar-refractivity contribution in [2.75, 3.05) is 13.1 Å². The number of hydrogen-bond acceptors (Lipinski definition) is 7. The van der Waals surface area contributed by atoms with Crippen LogP contribution in [0.2, 0.25) is 0 Å². The number of carbonyl (C=O) groups is 2. The Morgan fingerprint density at radius 3 is 2.70 bits per heavy atom. The Bertz CT molecular complexity index is 1240. The zero-order chi connectivity index (χ0) is 23.2. The summed E-state index contributed by atoms with van der Waals surface area (Å²) in [5.74, 6) is 0.243. The first-order valence-corrected chi connectivity index (χ1v) is 10.9. The predicted octanol–water partition coefficient (Wildman–Crippen LogP) is 2.83. The molecule has 0 N–H and O–H groups in total. The molecule has 3 aromatic heterocycles. The summed E-state index contributed by atoms with van der Waals surface area (Å²) >= 11 is 0. The van der Waals surface area contributed by atoms with E-state index >= 15 is 0 Å². The molecule has 5 rings (SSSR count). The second-order valence-corrected chi connectivity index (χ2v) is 7.20. The van der Waals surface area contributed by atoms with Crippen molar-refractivity contribution in [1.29, 1.82) is 0 Å². The van der Waals surface area contributed by atoms with Gasteiger partial charge in [-0.25, -0.2) is 9.97 Å². The lowest BCUT2D eigenvalue weighted by Gasteiger charge is -2.33. The number of imidazole rings is 1. The van der Waals surface area contributed by atoms with Gasteiger partial charge in [0.2, 0.25) is 5.65 Å². The first kappa shape index (κ1) is 22.1. The summed E-state index contributed by atoms with van der Waals surface area (Å²) in [5.41, 5.74) is 2.06. The van der Waals surface area contributed by atoms with E-state index in [1.54, 1.807) is 40.2 Å². The van der Waals surface area contributed by atoms with Crippen molar-refractivity contribution in [3.05, 3.63) is 66.5 Å². The van der Waals surface area contributed by atoms with Gasteiger partial charge in [-0.15, -0.1) is 0 Å². The fourth-order valence-corrected chi connectivity index (χ4v) is 3.80. The summed E-state index contributed by atoms with van der Waals surface area (Å²) in [7, 11) is 0. The van der Waals surface area contributed by atoms with E-state index < -0.39 is 0 Å². The molecule has 1 aromatic carbocycles. The number of aromatic nitrogens is 6. The molecule has 1 atom stereocenters. The fourth-order valence-electron chi connectivity index (χ4n) is 3.80. The van der Waals surface area contributed by atoms with E-state index in [0.29, 0.717) is 41.6 Å². The number of piperidine rings is 1. The van der Waals surface area contributed by atoms with Crippen LogP contribution in [-0.2, 0) is 0 Å². The molecule has 1 aliphatic rings. The van der Waals surface area contributed by atoms with Crippen molar-refractivity contribution in [3.8, 4) is 11.6 Å². The van der Waals surface area contributed by atoms with Gasteiger partial charge in [0, 0.05) is 18.9 Å². The van der Waals surface area contributed by atoms with Gasteiger partial charge in [-0.1, -0.05) is 26.0 Å². The maximum atomic E-state index is 13.3. The van der Waals surface area contributed by atoms with Gasteiger partial charge in [-0.05, 0) is 25.0 Å². The summed E-state index contributed by atoms with van der Waals surface area (Å²) in [5, 5.41) is 8.30. The van der Waals surface area contributed by atoms with Crippen molar-refractivity contribution >= 4 is 17.8 Å². The standard InChI is InChI=1S/C21H19N7O3.C2H6/c29-14-15-12-23-19-20(22-9-11-27(15)19)31-16-4-3-10-26(13-16)21(30)17-5-1-2-6-18(17)28-24-7-8-25-28;1-2/h1-2,5-9,11-12,14,16H,3-4,10,13H2;1-2H3. The van der Waals surface area contributed by atoms with Gasteiger partial charge in [0.25, 0.3) is 11.8 Å². The maximum Gasteiger partial charge on any atom is 0.258 e. The van der Waals surface area contributed by atoms with Crippen molar-refractivity contribution in [2.24, 2.45) is 0 Å². The van der Waals surface area contributed by atoms with Crippen LogP contribution in [0.15, 0.2) is 55.2 Å². The quantitative estimate of drug-likeness (QED) is 0.433. The molecule has 0 bridgehead atoms. The lowest BCUT2D eigenvalue weighted by Crippen LogP contribution is -2.44. The molecule has 0 aliphatic carbocycles. The van der Waals surface area contributed by atoms with Crippen LogP contribution in [0.3, 0.4) is 0 Å². The lowest BCUT2D eigenvalue weighted by atomic mass is 10.1. The predicted molar refractivity (Wildman–Crippen MR) is 121 cm³/mol. The van der Waals surface area contributed by atoms with Crippen molar-refractivity contribution in [3.63, 3.8) is 0 Å². The molecule has 0 spiro atoms. The highest BCUT2D eigenvalue weighted by Gasteiger charge is 2.28. The molecule has 1 saturated heterocycles. The van der Waals surface area contributed by atoms with E-state index in [2.05, 4.69) is 20.2 Å². The summed E-state index contributed by atoms with van der Waals surface area (Å²) in [6, 6.07) is 7.27. The highest BCUT2D eigenvalue weighted by Crippen LogP contribution is 2.23. The largest absolute Gasteiger partial charge is 0.470 e. The van der Waals surface area contributed by atoms with E-state index in [1.807, 2.05) is 32.0 Å². The van der Waals surface area contributed by atoms with Gasteiger partial charge < -0.3 is 9.64 Å². The van der Waals surface area contributed by atoms with Crippen LogP contribution >= 0.6 is 0 Å². The SMILES string of the molecule is CC.O=Cc1cnc2c(OC3CCCN(C(=O)c4ccccc4-n4nccn4)C3)nccn12. The average molecular weight is 447 g/mol. The minimum absolute atomic E-state index is 0.101. The topological polar surface area (TPSA) is 108 Å². The summed E-state index contributed by atoms with van der Waals surface area (Å²) in [6.45, 7) is 5.06. The molecule has 33 heavy (non-hydrogen) atoms. The van der Waals surface area contributed by atoms with Gasteiger partial charge in [0.1, 0.15) is 11.8 Å². The Morgan fingerprint density at radius 2 is 1.91 bits per heavy atom. The molecular weight excluding hydrogens is 422 g/mol. The number of carbonyl (C=O) groups excluding carboxylic acids is 2. The third kappa shape index (κ3) is 4.45. The molecule has 1 aliphatic heterocycles. The summed E-state index contributed by atoms with van der Waals surface area (Å²) < 4.78 is 7.74. The first-order chi connectivity index (χ1) is 16.2. The lowest BCUT2D eigenvalue weighted by molar-refractivity contribution is 0.0530. The van der Waals surface area contributed by atoms with E-state index in [-0.39, 0.29) is 12.0 Å². The number of likely N-dealkylation sites (tertiary alicyclic amines) is 1. The number of rotatable bonds is 5. The summed E-state index contributed by atoms with van der Waals surface area (Å²) in [6.07, 6.45) is 9.95. The number of nitrogens with zero attached hydrogens (tertiary/aromatic N) is 7. The van der Waals surface area contributed by atoms with Gasteiger partial charge in [-0.3, -0.25) is 14.0 Å². The maximum absolute atomic E-state index is 13.3. The third-order valence-electron chi connectivity index (χ3n) is 5.26. The molecule has 170 valence electrons. The van der Waals surface area contributed by atoms with Crippen LogP contribution in [0.25, 0.3) is 11.3 Å². The molecule has 1 unspecified atom stereocenters. The van der Waals surface area contributed by atoms with Crippen molar-refractivity contribution in [2.45, 2.75) is 32.8 Å². The Balaban J connectivity index is 0.00000126. The Hall–Kier alpha value is -4.08. The summed E-state index contributed by atoms with van der Waals surface area (Å²) in [4.78, 5) is 36.2. The van der Waals surface area contributed by atoms with Crippen LogP contribution in [0.5, 0.6) is 5.88 Å². The van der Waals surface area contributed by atoms with Gasteiger partial charge in [0.15, 0.2) is 6.29 Å². The fraction of sp³-hybridized carbons (Fsp3) is 0.304. The minimum Gasteiger partial charge on any atom is -0.470 e. The van der Waals surface area contributed by atoms with Crippen LogP contribution in [-0.4, -0.2) is 65.6 Å². The first-order valence-electron chi connectivity index (χ1n) is 10.9. The van der Waals surface area contributed by atoms with E-state index in [4.69, 9.17) is 4.74 Å². The molecule has 10 heteroatoms. The Labute approximate surface area is 190 Å². The third-order valence-corrected chi connectivity index (χ3v) is 5.26. The number of aldehydes is 1. The second-order valence-electron chi connectivity index (χ2n) is 7.20. The normalized spacial score (nSPS) is 15.6. The van der Waals surface area contributed by atoms with Crippen LogP contribution < -0.4 is 4.74 Å². The Morgan fingerprint density at radius 1 is 1.12 bits per heavy atom. The van der Waals surface area contributed by atoms with Gasteiger partial charge in [-0.2, -0.15) is 15.0 Å². The van der Waals surface area contributed by atoms with E-state index in [9.17, 15) is 9.59 Å². The molecule has 0 saturated carbocycles. The zero-order valence-electron chi connectivity index (χ0n) is 18.5. The molecular formula is C23H25N7O3. The molecule has 4 aromatic rings. The molecule has 10 nitrogen and oxygen atoms in total. The molecule has 1 fully saturated rings. The van der Waals surface area contributed by atoms with Gasteiger partial charge >= 0.3 is 0 Å². The molecule has 4 heterocycles. The Kier molecular flexibility index (Phi) is 6.72. The van der Waals surface area contributed by atoms with Gasteiger partial charge in [0.05, 0.1) is 36.4 Å². The highest BCUT2D eigenvalue weighted by atomic mass is 16.5. The second kappa shape index (κ2) is 10.0. The van der Waals surface area contributed by atoms with Crippen LogP contribution in [0.1, 0.15) is 47.5 Å². The number of ether oxygens (including phenoxy) is 1. The molecule has 1 amide bonds. The number of benzene rings is 1. The highest BCUT2D eigenvalue weighted by molar-refractivity contribution is 5.97. The number of para-hydroxylation sites is 1.